The molecule has 24 heavy (non-hydrogen) atoms. The summed E-state index contributed by atoms with van der Waals surface area (Å²) in [4.78, 5) is 16.7. The zero-order valence-electron chi connectivity index (χ0n) is 13.6. The van der Waals surface area contributed by atoms with Crippen molar-refractivity contribution in [2.24, 2.45) is 0 Å². The number of esters is 1. The van der Waals surface area contributed by atoms with Gasteiger partial charge in [-0.2, -0.15) is 0 Å². The van der Waals surface area contributed by atoms with Crippen LogP contribution in [0.2, 0.25) is 10.0 Å². The lowest BCUT2D eigenvalue weighted by atomic mass is 10.1. The second-order valence-corrected chi connectivity index (χ2v) is 6.81. The Labute approximate surface area is 151 Å². The fourth-order valence-corrected chi connectivity index (χ4v) is 3.10. The van der Waals surface area contributed by atoms with Crippen LogP contribution < -0.4 is 0 Å². The summed E-state index contributed by atoms with van der Waals surface area (Å²) in [7, 11) is 2.13. The fraction of sp³-hybridized carbons (Fsp3) is 0.471. The van der Waals surface area contributed by atoms with Crippen molar-refractivity contribution in [2.75, 3.05) is 53.0 Å². The Hall–Kier alpha value is -1.27. The number of hydrogen-bond donors (Lipinski definition) is 0. The SMILES string of the molecule is CN1CCN(CCOC2=C(c3ccc(Cl)c(Cl)c3)C(=O)OC2)CC1. The zero-order chi connectivity index (χ0) is 17.1. The molecule has 7 heteroatoms. The molecule has 1 aromatic rings. The molecule has 2 heterocycles. The highest BCUT2D eigenvalue weighted by Crippen LogP contribution is 2.31. The summed E-state index contributed by atoms with van der Waals surface area (Å²) < 4.78 is 11.0. The molecule has 0 saturated carbocycles. The minimum absolute atomic E-state index is 0.164. The van der Waals surface area contributed by atoms with Crippen molar-refractivity contribution < 1.29 is 14.3 Å². The molecule has 130 valence electrons. The molecular weight excluding hydrogens is 351 g/mol. The van der Waals surface area contributed by atoms with Gasteiger partial charge in [-0.3, -0.25) is 4.90 Å². The van der Waals surface area contributed by atoms with Crippen LogP contribution in [0.4, 0.5) is 0 Å². The fourth-order valence-electron chi connectivity index (χ4n) is 2.80. The van der Waals surface area contributed by atoms with Gasteiger partial charge < -0.3 is 14.4 Å². The molecule has 0 aromatic heterocycles. The third-order valence-electron chi connectivity index (χ3n) is 4.31. The van der Waals surface area contributed by atoms with Gasteiger partial charge in [0.15, 0.2) is 0 Å². The molecule has 2 aliphatic heterocycles. The highest BCUT2D eigenvalue weighted by molar-refractivity contribution is 6.42. The highest BCUT2D eigenvalue weighted by Gasteiger charge is 2.28. The van der Waals surface area contributed by atoms with E-state index in [2.05, 4.69) is 16.8 Å². The molecule has 0 aliphatic carbocycles. The molecule has 1 fully saturated rings. The van der Waals surface area contributed by atoms with Crippen LogP contribution in [-0.2, 0) is 14.3 Å². The van der Waals surface area contributed by atoms with E-state index in [0.29, 0.717) is 33.5 Å². The van der Waals surface area contributed by atoms with Crippen molar-refractivity contribution in [2.45, 2.75) is 0 Å². The Morgan fingerprint density at radius 2 is 1.92 bits per heavy atom. The van der Waals surface area contributed by atoms with E-state index in [9.17, 15) is 4.79 Å². The van der Waals surface area contributed by atoms with E-state index in [0.717, 1.165) is 32.7 Å². The number of carbonyl (C=O) groups is 1. The first-order chi connectivity index (χ1) is 11.5. The summed E-state index contributed by atoms with van der Waals surface area (Å²) in [5.74, 6) is 0.176. The van der Waals surface area contributed by atoms with Crippen molar-refractivity contribution in [1.29, 1.82) is 0 Å². The third-order valence-corrected chi connectivity index (χ3v) is 5.04. The summed E-state index contributed by atoms with van der Waals surface area (Å²) in [6.07, 6.45) is 0. The van der Waals surface area contributed by atoms with Gasteiger partial charge in [0.2, 0.25) is 0 Å². The predicted molar refractivity (Wildman–Crippen MR) is 94.2 cm³/mol. The Morgan fingerprint density at radius 3 is 2.62 bits per heavy atom. The first-order valence-corrected chi connectivity index (χ1v) is 8.69. The molecule has 0 radical (unpaired) electrons. The van der Waals surface area contributed by atoms with Gasteiger partial charge >= 0.3 is 5.97 Å². The van der Waals surface area contributed by atoms with E-state index in [1.165, 1.54) is 0 Å². The third kappa shape index (κ3) is 4.03. The minimum atomic E-state index is -0.386. The summed E-state index contributed by atoms with van der Waals surface area (Å²) >= 11 is 12.0. The minimum Gasteiger partial charge on any atom is -0.492 e. The van der Waals surface area contributed by atoms with Crippen LogP contribution in [0, 0.1) is 0 Å². The Balaban J connectivity index is 1.64. The Kier molecular flexibility index (Phi) is 5.66. The van der Waals surface area contributed by atoms with E-state index >= 15 is 0 Å². The van der Waals surface area contributed by atoms with Crippen molar-refractivity contribution in [3.05, 3.63) is 39.6 Å². The number of cyclic esters (lactones) is 1. The number of hydrogen-bond acceptors (Lipinski definition) is 5. The number of benzene rings is 1. The average Bonchev–Trinajstić information content (AvgIpc) is 2.93. The van der Waals surface area contributed by atoms with Crippen LogP contribution in [0.15, 0.2) is 24.0 Å². The van der Waals surface area contributed by atoms with Crippen molar-refractivity contribution in [3.8, 4) is 0 Å². The van der Waals surface area contributed by atoms with Crippen LogP contribution in [-0.4, -0.2) is 68.8 Å². The number of halogens is 2. The molecule has 0 spiro atoms. The van der Waals surface area contributed by atoms with Gasteiger partial charge in [-0.05, 0) is 24.7 Å². The lowest BCUT2D eigenvalue weighted by molar-refractivity contribution is -0.134. The van der Waals surface area contributed by atoms with Crippen molar-refractivity contribution in [1.82, 2.24) is 9.80 Å². The normalized spacial score (nSPS) is 19.7. The maximum atomic E-state index is 12.0. The van der Waals surface area contributed by atoms with Crippen LogP contribution in [0.1, 0.15) is 5.56 Å². The molecule has 2 aliphatic rings. The molecule has 0 unspecified atom stereocenters. The maximum absolute atomic E-state index is 12.0. The monoisotopic (exact) mass is 370 g/mol. The van der Waals surface area contributed by atoms with Gasteiger partial charge in [0.25, 0.3) is 0 Å². The standard InChI is InChI=1S/C17H20Cl2N2O3/c1-20-4-6-21(7-5-20)8-9-23-15-11-24-17(22)16(15)12-2-3-13(18)14(19)10-12/h2-3,10H,4-9,11H2,1H3. The van der Waals surface area contributed by atoms with Crippen molar-refractivity contribution in [3.63, 3.8) is 0 Å². The molecule has 0 amide bonds. The van der Waals surface area contributed by atoms with Gasteiger partial charge in [-0.1, -0.05) is 29.3 Å². The zero-order valence-corrected chi connectivity index (χ0v) is 15.1. The van der Waals surface area contributed by atoms with Gasteiger partial charge in [-0.25, -0.2) is 4.79 Å². The Bertz CT molecular complexity index is 655. The molecular formula is C17H20Cl2N2O3. The van der Waals surface area contributed by atoms with E-state index in [1.807, 2.05) is 0 Å². The van der Waals surface area contributed by atoms with Crippen LogP contribution in [0.5, 0.6) is 0 Å². The average molecular weight is 371 g/mol. The summed E-state index contributed by atoms with van der Waals surface area (Å²) in [6, 6.07) is 5.08. The molecule has 3 rings (SSSR count). The van der Waals surface area contributed by atoms with Crippen molar-refractivity contribution >= 4 is 34.7 Å². The number of rotatable bonds is 5. The lowest BCUT2D eigenvalue weighted by Crippen LogP contribution is -2.45. The number of likely N-dealkylation sites (N-methyl/N-ethyl adjacent to an activating group) is 1. The van der Waals surface area contributed by atoms with E-state index in [1.54, 1.807) is 18.2 Å². The van der Waals surface area contributed by atoms with Gasteiger partial charge in [-0.15, -0.1) is 0 Å². The molecule has 1 saturated heterocycles. The lowest BCUT2D eigenvalue weighted by Gasteiger charge is -2.32. The number of ether oxygens (including phenoxy) is 2. The van der Waals surface area contributed by atoms with E-state index in [-0.39, 0.29) is 12.6 Å². The maximum Gasteiger partial charge on any atom is 0.342 e. The summed E-state index contributed by atoms with van der Waals surface area (Å²) in [6.45, 7) is 5.73. The first-order valence-electron chi connectivity index (χ1n) is 7.94. The number of piperazine rings is 1. The van der Waals surface area contributed by atoms with Gasteiger partial charge in [0.1, 0.15) is 24.5 Å². The molecule has 0 N–H and O–H groups in total. The molecule has 0 atom stereocenters. The van der Waals surface area contributed by atoms with Gasteiger partial charge in [0, 0.05) is 32.7 Å². The smallest absolute Gasteiger partial charge is 0.342 e. The highest BCUT2D eigenvalue weighted by atomic mass is 35.5. The molecule has 5 nitrogen and oxygen atoms in total. The predicted octanol–water partition coefficient (Wildman–Crippen LogP) is 2.53. The van der Waals surface area contributed by atoms with E-state index in [4.69, 9.17) is 32.7 Å². The molecule has 1 aromatic carbocycles. The quantitative estimate of drug-likeness (QED) is 0.745. The number of nitrogens with zero attached hydrogens (tertiary/aromatic N) is 2. The molecule has 0 bridgehead atoms. The largest absolute Gasteiger partial charge is 0.492 e. The van der Waals surface area contributed by atoms with Crippen LogP contribution >= 0.6 is 23.2 Å². The van der Waals surface area contributed by atoms with Gasteiger partial charge in [0.05, 0.1) is 10.0 Å². The first kappa shape index (κ1) is 17.5. The summed E-state index contributed by atoms with van der Waals surface area (Å²) in [5.41, 5.74) is 1.11. The van der Waals surface area contributed by atoms with E-state index < -0.39 is 0 Å². The number of carbonyl (C=O) groups excluding carboxylic acids is 1. The summed E-state index contributed by atoms with van der Waals surface area (Å²) in [5, 5.41) is 0.850. The second-order valence-electron chi connectivity index (χ2n) is 6.00. The van der Waals surface area contributed by atoms with Crippen LogP contribution in [0.3, 0.4) is 0 Å². The topological polar surface area (TPSA) is 42.0 Å². The second kappa shape index (κ2) is 7.74. The Morgan fingerprint density at radius 1 is 1.17 bits per heavy atom. The van der Waals surface area contributed by atoms with Crippen LogP contribution in [0.25, 0.3) is 5.57 Å².